The Bertz CT molecular complexity index is 639. The first-order valence-corrected chi connectivity index (χ1v) is 8.25. The van der Waals surface area contributed by atoms with Crippen LogP contribution in [0.4, 0.5) is 0 Å². The van der Waals surface area contributed by atoms with Gasteiger partial charge in [-0.05, 0) is 54.7 Å². The van der Waals surface area contributed by atoms with Crippen molar-refractivity contribution < 1.29 is 24.1 Å². The molecule has 2 rings (SSSR count). The Kier molecular flexibility index (Phi) is 7.73. The van der Waals surface area contributed by atoms with Crippen molar-refractivity contribution in [2.24, 2.45) is 0 Å². The summed E-state index contributed by atoms with van der Waals surface area (Å²) < 4.78 is 20.8. The number of rotatable bonds is 10. The molecule has 1 unspecified atom stereocenters. The van der Waals surface area contributed by atoms with Gasteiger partial charge in [0.25, 0.3) is 0 Å². The molecular weight excluding hydrogens is 320 g/mol. The van der Waals surface area contributed by atoms with Crippen LogP contribution < -0.4 is 9.47 Å². The molecule has 0 saturated heterocycles. The van der Waals surface area contributed by atoms with Crippen molar-refractivity contribution in [3.8, 4) is 11.5 Å². The molecule has 5 heteroatoms. The quantitative estimate of drug-likeness (QED) is 0.666. The van der Waals surface area contributed by atoms with E-state index in [1.54, 1.807) is 14.2 Å². The fourth-order valence-electron chi connectivity index (χ4n) is 2.50. The third-order valence-electron chi connectivity index (χ3n) is 3.85. The third-order valence-corrected chi connectivity index (χ3v) is 3.85. The van der Waals surface area contributed by atoms with Crippen LogP contribution in [0.3, 0.4) is 0 Å². The van der Waals surface area contributed by atoms with Gasteiger partial charge in [-0.25, -0.2) is 0 Å². The van der Waals surface area contributed by atoms with Crippen LogP contribution in [-0.2, 0) is 15.9 Å². The SMILES string of the molecule is COCOc1ccc(C(O)CCc2ccc(C)cc2OCOC)cc1. The Balaban J connectivity index is 1.96. The van der Waals surface area contributed by atoms with E-state index in [9.17, 15) is 5.11 Å². The lowest BCUT2D eigenvalue weighted by atomic mass is 10.00. The Labute approximate surface area is 149 Å². The van der Waals surface area contributed by atoms with Gasteiger partial charge in [0.15, 0.2) is 13.6 Å². The standard InChI is InChI=1S/C20H26O5/c1-15-4-5-17(20(12-15)25-14-23-3)8-11-19(21)16-6-9-18(10-7-16)24-13-22-2/h4-7,9-10,12,19,21H,8,11,13-14H2,1-3H3. The fourth-order valence-corrected chi connectivity index (χ4v) is 2.50. The average molecular weight is 346 g/mol. The van der Waals surface area contributed by atoms with Crippen LogP contribution in [0, 0.1) is 6.92 Å². The smallest absolute Gasteiger partial charge is 0.188 e. The van der Waals surface area contributed by atoms with E-state index in [4.69, 9.17) is 18.9 Å². The number of hydrogen-bond acceptors (Lipinski definition) is 5. The molecule has 0 aromatic heterocycles. The molecule has 0 heterocycles. The minimum atomic E-state index is -0.548. The van der Waals surface area contributed by atoms with Gasteiger partial charge in [-0.3, -0.25) is 0 Å². The predicted molar refractivity (Wildman–Crippen MR) is 95.9 cm³/mol. The second-order valence-electron chi connectivity index (χ2n) is 5.84. The van der Waals surface area contributed by atoms with Gasteiger partial charge >= 0.3 is 0 Å². The molecule has 1 N–H and O–H groups in total. The van der Waals surface area contributed by atoms with Crippen molar-refractivity contribution in [2.45, 2.75) is 25.9 Å². The van der Waals surface area contributed by atoms with Crippen molar-refractivity contribution in [3.05, 3.63) is 59.2 Å². The van der Waals surface area contributed by atoms with Crippen LogP contribution in [-0.4, -0.2) is 32.9 Å². The van der Waals surface area contributed by atoms with Crippen molar-refractivity contribution in [1.29, 1.82) is 0 Å². The Morgan fingerprint density at radius 2 is 1.60 bits per heavy atom. The molecule has 0 bridgehead atoms. The van der Waals surface area contributed by atoms with Crippen molar-refractivity contribution >= 4 is 0 Å². The molecule has 0 aliphatic heterocycles. The normalized spacial score (nSPS) is 12.0. The van der Waals surface area contributed by atoms with Crippen LogP contribution in [0.1, 0.15) is 29.2 Å². The number of hydrogen-bond donors (Lipinski definition) is 1. The summed E-state index contributed by atoms with van der Waals surface area (Å²) in [6.07, 6.45) is 0.764. The molecule has 0 radical (unpaired) electrons. The highest BCUT2D eigenvalue weighted by molar-refractivity contribution is 5.37. The number of ether oxygens (including phenoxy) is 4. The van der Waals surface area contributed by atoms with E-state index in [1.165, 1.54) is 0 Å². The first kappa shape index (κ1) is 19.2. The topological polar surface area (TPSA) is 57.2 Å². The molecule has 0 aliphatic carbocycles. The van der Waals surface area contributed by atoms with Crippen LogP contribution in [0.15, 0.2) is 42.5 Å². The largest absolute Gasteiger partial charge is 0.468 e. The molecule has 0 amide bonds. The first-order valence-electron chi connectivity index (χ1n) is 8.25. The predicted octanol–water partition coefficient (Wildman–Crippen LogP) is 3.63. The van der Waals surface area contributed by atoms with Crippen molar-refractivity contribution in [2.75, 3.05) is 27.8 Å². The molecule has 136 valence electrons. The molecule has 1 atom stereocenters. The minimum Gasteiger partial charge on any atom is -0.468 e. The van der Waals surface area contributed by atoms with Gasteiger partial charge in [-0.1, -0.05) is 24.3 Å². The summed E-state index contributed by atoms with van der Waals surface area (Å²) >= 11 is 0. The Morgan fingerprint density at radius 1 is 0.920 bits per heavy atom. The van der Waals surface area contributed by atoms with E-state index >= 15 is 0 Å². The molecule has 0 saturated carbocycles. The lowest BCUT2D eigenvalue weighted by Gasteiger charge is -2.15. The van der Waals surface area contributed by atoms with Crippen LogP contribution in [0.2, 0.25) is 0 Å². The number of aliphatic hydroxyl groups is 1. The second-order valence-corrected chi connectivity index (χ2v) is 5.84. The highest BCUT2D eigenvalue weighted by Crippen LogP contribution is 2.26. The summed E-state index contributed by atoms with van der Waals surface area (Å²) in [7, 11) is 3.17. The summed E-state index contributed by atoms with van der Waals surface area (Å²) in [6, 6.07) is 13.5. The molecule has 0 fully saturated rings. The Hall–Kier alpha value is -2.08. The summed E-state index contributed by atoms with van der Waals surface area (Å²) in [4.78, 5) is 0. The molecule has 0 spiro atoms. The molecule has 0 aliphatic rings. The summed E-state index contributed by atoms with van der Waals surface area (Å²) in [5, 5.41) is 10.4. The zero-order valence-electron chi connectivity index (χ0n) is 15.0. The Morgan fingerprint density at radius 3 is 2.28 bits per heavy atom. The van der Waals surface area contributed by atoms with Crippen molar-refractivity contribution in [1.82, 2.24) is 0 Å². The molecular formula is C20H26O5. The van der Waals surface area contributed by atoms with E-state index in [2.05, 4.69) is 0 Å². The van der Waals surface area contributed by atoms with Crippen LogP contribution in [0.25, 0.3) is 0 Å². The summed E-state index contributed by atoms with van der Waals surface area (Å²) in [5.74, 6) is 1.52. The van der Waals surface area contributed by atoms with Crippen LogP contribution in [0.5, 0.6) is 11.5 Å². The van der Waals surface area contributed by atoms with Gasteiger partial charge in [0.2, 0.25) is 0 Å². The molecule has 2 aromatic rings. The van der Waals surface area contributed by atoms with Gasteiger partial charge in [-0.15, -0.1) is 0 Å². The van der Waals surface area contributed by atoms with Gasteiger partial charge in [0.1, 0.15) is 11.5 Å². The van der Waals surface area contributed by atoms with Gasteiger partial charge in [0, 0.05) is 14.2 Å². The number of methoxy groups -OCH3 is 2. The lowest BCUT2D eigenvalue weighted by Crippen LogP contribution is -2.04. The molecule has 25 heavy (non-hydrogen) atoms. The monoisotopic (exact) mass is 346 g/mol. The molecule has 2 aromatic carbocycles. The zero-order chi connectivity index (χ0) is 18.1. The molecule has 5 nitrogen and oxygen atoms in total. The number of aliphatic hydroxyl groups excluding tert-OH is 1. The number of benzene rings is 2. The number of aryl methyl sites for hydroxylation is 2. The highest BCUT2D eigenvalue weighted by atomic mass is 16.7. The second kappa shape index (κ2) is 10.0. The van der Waals surface area contributed by atoms with Crippen LogP contribution >= 0.6 is 0 Å². The summed E-state index contributed by atoms with van der Waals surface area (Å²) in [6.45, 7) is 2.44. The summed E-state index contributed by atoms with van der Waals surface area (Å²) in [5.41, 5.74) is 3.04. The highest BCUT2D eigenvalue weighted by Gasteiger charge is 2.11. The maximum absolute atomic E-state index is 10.4. The third kappa shape index (κ3) is 6.05. The zero-order valence-corrected chi connectivity index (χ0v) is 15.0. The van der Waals surface area contributed by atoms with Gasteiger partial charge in [0.05, 0.1) is 6.10 Å². The van der Waals surface area contributed by atoms with E-state index in [0.717, 1.165) is 22.4 Å². The van der Waals surface area contributed by atoms with E-state index in [1.807, 2.05) is 49.4 Å². The fraction of sp³-hybridized carbons (Fsp3) is 0.400. The maximum Gasteiger partial charge on any atom is 0.188 e. The van der Waals surface area contributed by atoms with Gasteiger partial charge in [-0.2, -0.15) is 0 Å². The lowest BCUT2D eigenvalue weighted by molar-refractivity contribution is 0.0502. The first-order chi connectivity index (χ1) is 12.1. The van der Waals surface area contributed by atoms with Gasteiger partial charge < -0.3 is 24.1 Å². The van der Waals surface area contributed by atoms with Crippen molar-refractivity contribution in [3.63, 3.8) is 0 Å². The van der Waals surface area contributed by atoms with E-state index in [-0.39, 0.29) is 13.6 Å². The minimum absolute atomic E-state index is 0.208. The maximum atomic E-state index is 10.4. The van der Waals surface area contributed by atoms with E-state index < -0.39 is 6.10 Å². The van der Waals surface area contributed by atoms with E-state index in [0.29, 0.717) is 18.6 Å². The average Bonchev–Trinajstić information content (AvgIpc) is 2.64.